The van der Waals surface area contributed by atoms with E-state index in [9.17, 15) is 14.4 Å². The van der Waals surface area contributed by atoms with Crippen molar-refractivity contribution in [3.8, 4) is 11.5 Å². The monoisotopic (exact) mass is 334 g/mol. The van der Waals surface area contributed by atoms with Crippen molar-refractivity contribution in [3.63, 3.8) is 0 Å². The molecule has 1 heterocycles. The topological polar surface area (TPSA) is 94.2 Å². The summed E-state index contributed by atoms with van der Waals surface area (Å²) in [4.78, 5) is 35.8. The van der Waals surface area contributed by atoms with E-state index >= 15 is 0 Å². The predicted molar refractivity (Wildman–Crippen MR) is 84.7 cm³/mol. The van der Waals surface area contributed by atoms with Gasteiger partial charge in [0, 0.05) is 24.7 Å². The molecule has 1 N–H and O–H groups in total. The largest absolute Gasteiger partial charge is 0.497 e. The van der Waals surface area contributed by atoms with Gasteiger partial charge in [0.2, 0.25) is 0 Å². The van der Waals surface area contributed by atoms with Gasteiger partial charge in [-0.1, -0.05) is 0 Å². The molecule has 1 aliphatic rings. The van der Waals surface area contributed by atoms with E-state index in [1.54, 1.807) is 18.2 Å². The highest BCUT2D eigenvalue weighted by Crippen LogP contribution is 2.25. The van der Waals surface area contributed by atoms with E-state index in [1.165, 1.54) is 26.4 Å². The molecule has 1 saturated heterocycles. The first kappa shape index (κ1) is 17.3. The van der Waals surface area contributed by atoms with E-state index in [0.717, 1.165) is 4.90 Å². The fourth-order valence-corrected chi connectivity index (χ4v) is 2.10. The minimum atomic E-state index is -0.701. The number of carbonyl (C=O) groups is 3. The van der Waals surface area contributed by atoms with Crippen LogP contribution in [0.3, 0.4) is 0 Å². The molecule has 3 amide bonds. The summed E-state index contributed by atoms with van der Waals surface area (Å²) in [5.41, 5.74) is 0.624. The molecular formula is C16H18N2O6. The van der Waals surface area contributed by atoms with Gasteiger partial charge in [0.25, 0.3) is 5.91 Å². The first-order valence-electron chi connectivity index (χ1n) is 7.20. The average molecular weight is 334 g/mol. The van der Waals surface area contributed by atoms with Gasteiger partial charge in [0.1, 0.15) is 11.5 Å². The number of imide groups is 1. The third kappa shape index (κ3) is 4.25. The molecule has 0 aliphatic carbocycles. The molecule has 0 unspecified atom stereocenters. The predicted octanol–water partition coefficient (Wildman–Crippen LogP) is 0.812. The fraction of sp³-hybridized carbons (Fsp3) is 0.312. The quantitative estimate of drug-likeness (QED) is 0.611. The van der Waals surface area contributed by atoms with Crippen LogP contribution in [0.1, 0.15) is 5.56 Å². The summed E-state index contributed by atoms with van der Waals surface area (Å²) in [6.07, 6.45) is 2.67. The highest BCUT2D eigenvalue weighted by molar-refractivity contribution is 5.97. The molecule has 0 radical (unpaired) electrons. The van der Waals surface area contributed by atoms with E-state index in [2.05, 4.69) is 5.32 Å². The molecule has 0 atom stereocenters. The first-order chi connectivity index (χ1) is 11.5. The van der Waals surface area contributed by atoms with Crippen LogP contribution in [0.15, 0.2) is 24.3 Å². The average Bonchev–Trinajstić information content (AvgIpc) is 3.03. The van der Waals surface area contributed by atoms with E-state index < -0.39 is 24.5 Å². The number of carbonyl (C=O) groups excluding carboxylic acids is 3. The second-order valence-electron chi connectivity index (χ2n) is 4.83. The maximum Gasteiger partial charge on any atom is 0.331 e. The van der Waals surface area contributed by atoms with E-state index in [0.29, 0.717) is 23.6 Å². The van der Waals surface area contributed by atoms with Crippen LogP contribution in [0, 0.1) is 0 Å². The molecule has 8 nitrogen and oxygen atoms in total. The number of urea groups is 1. The fourth-order valence-electron chi connectivity index (χ4n) is 2.10. The lowest BCUT2D eigenvalue weighted by molar-refractivity contribution is -0.146. The van der Waals surface area contributed by atoms with Crippen LogP contribution < -0.4 is 14.8 Å². The summed E-state index contributed by atoms with van der Waals surface area (Å²) in [6, 6.07) is 4.66. The summed E-state index contributed by atoms with van der Waals surface area (Å²) in [7, 11) is 3.04. The maximum absolute atomic E-state index is 11.7. The molecule has 0 aromatic heterocycles. The van der Waals surface area contributed by atoms with E-state index in [1.807, 2.05) is 0 Å². The summed E-state index contributed by atoms with van der Waals surface area (Å²) in [5, 5.41) is 2.49. The molecule has 1 fully saturated rings. The van der Waals surface area contributed by atoms with E-state index in [-0.39, 0.29) is 6.54 Å². The van der Waals surface area contributed by atoms with Crippen LogP contribution >= 0.6 is 0 Å². The molecular weight excluding hydrogens is 316 g/mol. The van der Waals surface area contributed by atoms with Crippen LogP contribution in [0.2, 0.25) is 0 Å². The molecule has 0 bridgehead atoms. The number of hydrogen-bond donors (Lipinski definition) is 1. The van der Waals surface area contributed by atoms with Crippen LogP contribution in [0.4, 0.5) is 4.79 Å². The van der Waals surface area contributed by atoms with Crippen molar-refractivity contribution in [3.05, 3.63) is 29.8 Å². The number of benzene rings is 1. The molecule has 24 heavy (non-hydrogen) atoms. The standard InChI is InChI=1S/C16H18N2O6/c1-22-12-4-5-13(23-2)11(9-12)3-6-15(20)24-10-14(19)18-8-7-17-16(18)21/h3-6,9H,7-8,10H2,1-2H3,(H,17,21)/b6-3+. The SMILES string of the molecule is COc1ccc(OC)c(/C=C/C(=O)OCC(=O)N2CCNC2=O)c1. The van der Waals surface area contributed by atoms with Crippen LogP contribution in [0.25, 0.3) is 6.08 Å². The first-order valence-corrected chi connectivity index (χ1v) is 7.20. The van der Waals surface area contributed by atoms with Gasteiger partial charge in [-0.25, -0.2) is 9.59 Å². The number of ether oxygens (including phenoxy) is 3. The number of methoxy groups -OCH3 is 2. The molecule has 1 aromatic rings. The number of esters is 1. The number of nitrogens with zero attached hydrogens (tertiary/aromatic N) is 1. The Morgan fingerprint density at radius 3 is 2.71 bits per heavy atom. The summed E-state index contributed by atoms with van der Waals surface area (Å²) in [6.45, 7) is 0.173. The van der Waals surface area contributed by atoms with Gasteiger partial charge in [-0.3, -0.25) is 9.69 Å². The normalized spacial score (nSPS) is 13.8. The van der Waals surface area contributed by atoms with Gasteiger partial charge < -0.3 is 19.5 Å². The second kappa shape index (κ2) is 8.00. The zero-order valence-corrected chi connectivity index (χ0v) is 13.4. The number of rotatable bonds is 6. The second-order valence-corrected chi connectivity index (χ2v) is 4.83. The van der Waals surface area contributed by atoms with Crippen LogP contribution in [-0.4, -0.2) is 56.7 Å². The zero-order valence-electron chi connectivity index (χ0n) is 13.4. The molecule has 2 rings (SSSR count). The molecule has 0 spiro atoms. The Hall–Kier alpha value is -3.03. The molecule has 0 saturated carbocycles. The molecule has 1 aliphatic heterocycles. The Morgan fingerprint density at radius 1 is 1.29 bits per heavy atom. The maximum atomic E-state index is 11.7. The van der Waals surface area contributed by atoms with Crippen molar-refractivity contribution in [1.82, 2.24) is 10.2 Å². The Morgan fingerprint density at radius 2 is 2.08 bits per heavy atom. The van der Waals surface area contributed by atoms with Gasteiger partial charge >= 0.3 is 12.0 Å². The Balaban J connectivity index is 1.93. The van der Waals surface area contributed by atoms with Crippen LogP contribution in [0.5, 0.6) is 11.5 Å². The molecule has 1 aromatic carbocycles. The molecule has 128 valence electrons. The summed E-state index contributed by atoms with van der Waals surface area (Å²) < 4.78 is 15.2. The Kier molecular flexibility index (Phi) is 5.78. The van der Waals surface area contributed by atoms with E-state index in [4.69, 9.17) is 14.2 Å². The highest BCUT2D eigenvalue weighted by atomic mass is 16.5. The van der Waals surface area contributed by atoms with Gasteiger partial charge in [-0.05, 0) is 24.3 Å². The third-order valence-electron chi connectivity index (χ3n) is 3.33. The number of nitrogens with one attached hydrogen (secondary N) is 1. The van der Waals surface area contributed by atoms with Gasteiger partial charge in [-0.2, -0.15) is 0 Å². The van der Waals surface area contributed by atoms with Crippen molar-refractivity contribution in [2.24, 2.45) is 0 Å². The van der Waals surface area contributed by atoms with Crippen LogP contribution in [-0.2, 0) is 14.3 Å². The third-order valence-corrected chi connectivity index (χ3v) is 3.33. The summed E-state index contributed by atoms with van der Waals surface area (Å²) in [5.74, 6) is -0.0951. The smallest absolute Gasteiger partial charge is 0.331 e. The number of hydrogen-bond acceptors (Lipinski definition) is 6. The Labute approximate surface area is 139 Å². The van der Waals surface area contributed by atoms with Crippen molar-refractivity contribution < 1.29 is 28.6 Å². The lowest BCUT2D eigenvalue weighted by Crippen LogP contribution is -2.37. The minimum Gasteiger partial charge on any atom is -0.497 e. The van der Waals surface area contributed by atoms with Gasteiger partial charge in [0.05, 0.1) is 14.2 Å². The minimum absolute atomic E-state index is 0.270. The van der Waals surface area contributed by atoms with Gasteiger partial charge in [0.15, 0.2) is 6.61 Å². The lowest BCUT2D eigenvalue weighted by atomic mass is 10.1. The number of amides is 3. The van der Waals surface area contributed by atoms with Crippen molar-refractivity contribution in [2.75, 3.05) is 33.9 Å². The Bertz CT molecular complexity index is 671. The molecule has 8 heteroatoms. The lowest BCUT2D eigenvalue weighted by Gasteiger charge is -2.11. The summed E-state index contributed by atoms with van der Waals surface area (Å²) >= 11 is 0. The van der Waals surface area contributed by atoms with Gasteiger partial charge in [-0.15, -0.1) is 0 Å². The zero-order chi connectivity index (χ0) is 17.5. The van der Waals surface area contributed by atoms with Crippen molar-refractivity contribution in [2.45, 2.75) is 0 Å². The van der Waals surface area contributed by atoms with Crippen molar-refractivity contribution in [1.29, 1.82) is 0 Å². The van der Waals surface area contributed by atoms with Crippen molar-refractivity contribution >= 4 is 24.0 Å². The highest BCUT2D eigenvalue weighted by Gasteiger charge is 2.26.